The fourth-order valence-electron chi connectivity index (χ4n) is 0.589. The number of carbonyl (C=O) groups is 2. The van der Waals surface area contributed by atoms with Crippen molar-refractivity contribution in [2.45, 2.75) is 19.1 Å². The van der Waals surface area contributed by atoms with Gasteiger partial charge >= 0.3 is 5.97 Å². The minimum absolute atomic E-state index is 0.563. The number of nitrogens with one attached hydrogen (secondary N) is 2. The number of carbonyl (C=O) groups excluding carboxylic acids is 1. The number of hydrogen-bond donors (Lipinski definition) is 4. The highest BCUT2D eigenvalue weighted by Gasteiger charge is 2.22. The minimum Gasteiger partial charge on any atom is -0.480 e. The Kier molecular flexibility index (Phi) is 4.71. The first kappa shape index (κ1) is 11.6. The Hall–Kier alpha value is -1.40. The van der Waals surface area contributed by atoms with E-state index < -0.39 is 24.0 Å². The molecule has 1 amide bonds. The molecule has 0 heterocycles. The van der Waals surface area contributed by atoms with E-state index in [-0.39, 0.29) is 0 Å². The third-order valence-corrected chi connectivity index (χ3v) is 1.28. The van der Waals surface area contributed by atoms with E-state index in [0.29, 0.717) is 0 Å². The van der Waals surface area contributed by atoms with Gasteiger partial charge in [-0.05, 0) is 13.0 Å². The largest absolute Gasteiger partial charge is 0.480 e. The van der Waals surface area contributed by atoms with E-state index in [1.165, 1.54) is 6.92 Å². The summed E-state index contributed by atoms with van der Waals surface area (Å²) in [6, 6.07) is -1.23. The number of hydrogen-bond acceptors (Lipinski definition) is 4. The molecule has 0 radical (unpaired) electrons. The maximum atomic E-state index is 10.6. The molecule has 0 saturated heterocycles. The summed E-state index contributed by atoms with van der Waals surface area (Å²) in [6.07, 6.45) is -0.129. The van der Waals surface area contributed by atoms with E-state index in [1.807, 2.05) is 5.43 Å². The van der Waals surface area contributed by atoms with Crippen molar-refractivity contribution in [3.8, 4) is 0 Å². The average Bonchev–Trinajstić information content (AvgIpc) is 2.03. The van der Waals surface area contributed by atoms with Gasteiger partial charge in [-0.25, -0.2) is 5.43 Å². The van der Waals surface area contributed by atoms with Gasteiger partial charge in [-0.3, -0.25) is 15.0 Å². The zero-order valence-corrected chi connectivity index (χ0v) is 7.15. The summed E-state index contributed by atoms with van der Waals surface area (Å²) in [4.78, 5) is 21.0. The second-order valence-electron chi connectivity index (χ2n) is 2.39. The summed E-state index contributed by atoms with van der Waals surface area (Å²) < 4.78 is 0. The molecule has 0 rings (SSSR count). The Morgan fingerprint density at radius 3 is 2.38 bits per heavy atom. The van der Waals surface area contributed by atoms with E-state index in [0.717, 1.165) is 6.08 Å². The lowest BCUT2D eigenvalue weighted by Crippen LogP contribution is -2.52. The standard InChI is InChI=1S/C7H12N2O4/c1-3-5(11)8-9-6(4(2)10)7(12)13/h3-4,6,9-10H,1H2,2H3,(H,8,11)(H,12,13). The normalized spacial score (nSPS) is 14.3. The minimum atomic E-state index is -1.25. The van der Waals surface area contributed by atoms with Crippen LogP contribution in [0, 0.1) is 0 Å². The smallest absolute Gasteiger partial charge is 0.325 e. The quantitative estimate of drug-likeness (QED) is 0.315. The summed E-state index contributed by atoms with van der Waals surface area (Å²) in [7, 11) is 0. The number of aliphatic hydroxyl groups excluding tert-OH is 1. The Balaban J connectivity index is 4.04. The molecule has 0 aromatic heterocycles. The van der Waals surface area contributed by atoms with Crippen LogP contribution in [-0.2, 0) is 9.59 Å². The van der Waals surface area contributed by atoms with Gasteiger partial charge in [-0.15, -0.1) is 0 Å². The lowest BCUT2D eigenvalue weighted by Gasteiger charge is -2.16. The van der Waals surface area contributed by atoms with Gasteiger partial charge in [0.1, 0.15) is 6.04 Å². The second kappa shape index (κ2) is 5.28. The molecule has 6 heteroatoms. The van der Waals surface area contributed by atoms with Gasteiger partial charge in [0.05, 0.1) is 6.10 Å². The van der Waals surface area contributed by atoms with Gasteiger partial charge in [-0.1, -0.05) is 6.58 Å². The van der Waals surface area contributed by atoms with Crippen molar-refractivity contribution < 1.29 is 19.8 Å². The van der Waals surface area contributed by atoms with Gasteiger partial charge in [0.2, 0.25) is 0 Å². The van der Waals surface area contributed by atoms with E-state index >= 15 is 0 Å². The molecule has 0 bridgehead atoms. The number of aliphatic hydroxyl groups is 1. The van der Waals surface area contributed by atoms with Crippen LogP contribution >= 0.6 is 0 Å². The fraction of sp³-hybridized carbons (Fsp3) is 0.429. The number of carboxylic acids is 1. The number of rotatable bonds is 5. The van der Waals surface area contributed by atoms with Crippen LogP contribution < -0.4 is 10.9 Å². The van der Waals surface area contributed by atoms with Crippen LogP contribution in [0.15, 0.2) is 12.7 Å². The first-order valence-electron chi connectivity index (χ1n) is 3.58. The molecule has 0 aromatic rings. The molecule has 13 heavy (non-hydrogen) atoms. The van der Waals surface area contributed by atoms with Crippen LogP contribution in [0.4, 0.5) is 0 Å². The molecule has 0 aliphatic rings. The lowest BCUT2D eigenvalue weighted by atomic mass is 10.2. The van der Waals surface area contributed by atoms with Crippen molar-refractivity contribution in [2.24, 2.45) is 0 Å². The topological polar surface area (TPSA) is 98.7 Å². The predicted molar refractivity (Wildman–Crippen MR) is 44.6 cm³/mol. The number of carboxylic acid groups (broad SMARTS) is 1. The van der Waals surface area contributed by atoms with Crippen LogP contribution in [-0.4, -0.2) is 34.2 Å². The highest BCUT2D eigenvalue weighted by Crippen LogP contribution is 1.90. The van der Waals surface area contributed by atoms with E-state index in [4.69, 9.17) is 10.2 Å². The molecule has 0 aliphatic heterocycles. The van der Waals surface area contributed by atoms with Crippen molar-refractivity contribution >= 4 is 11.9 Å². The predicted octanol–water partition coefficient (Wildman–Crippen LogP) is -1.37. The van der Waals surface area contributed by atoms with Crippen molar-refractivity contribution in [3.63, 3.8) is 0 Å². The van der Waals surface area contributed by atoms with Gasteiger partial charge in [0.25, 0.3) is 5.91 Å². The molecule has 0 aromatic carbocycles. The molecule has 0 fully saturated rings. The zero-order chi connectivity index (χ0) is 10.4. The second-order valence-corrected chi connectivity index (χ2v) is 2.39. The molecule has 2 unspecified atom stereocenters. The molecule has 0 saturated carbocycles. The summed E-state index contributed by atoms with van der Waals surface area (Å²) in [5.74, 6) is -1.81. The van der Waals surface area contributed by atoms with Gasteiger partial charge < -0.3 is 10.2 Å². The third-order valence-electron chi connectivity index (χ3n) is 1.28. The highest BCUT2D eigenvalue weighted by molar-refractivity contribution is 5.86. The molecule has 0 aliphatic carbocycles. The first-order valence-corrected chi connectivity index (χ1v) is 3.58. The van der Waals surface area contributed by atoms with Crippen LogP contribution in [0.5, 0.6) is 0 Å². The van der Waals surface area contributed by atoms with Crippen LogP contribution in [0.25, 0.3) is 0 Å². The Bertz CT molecular complexity index is 215. The maximum Gasteiger partial charge on any atom is 0.325 e. The Labute approximate surface area is 75.2 Å². The van der Waals surface area contributed by atoms with Crippen molar-refractivity contribution in [1.29, 1.82) is 0 Å². The summed E-state index contributed by atoms with van der Waals surface area (Å²) >= 11 is 0. The third kappa shape index (κ3) is 4.24. The molecular weight excluding hydrogens is 176 g/mol. The Morgan fingerprint density at radius 2 is 2.08 bits per heavy atom. The van der Waals surface area contributed by atoms with Crippen LogP contribution in [0.2, 0.25) is 0 Å². The maximum absolute atomic E-state index is 10.6. The van der Waals surface area contributed by atoms with Crippen molar-refractivity contribution in [2.75, 3.05) is 0 Å². The summed E-state index contributed by atoms with van der Waals surface area (Å²) in [5.41, 5.74) is 4.20. The molecule has 0 spiro atoms. The van der Waals surface area contributed by atoms with E-state index in [9.17, 15) is 9.59 Å². The van der Waals surface area contributed by atoms with E-state index in [2.05, 4.69) is 12.0 Å². The monoisotopic (exact) mass is 188 g/mol. The number of hydrazine groups is 1. The van der Waals surface area contributed by atoms with Gasteiger partial charge in [0.15, 0.2) is 0 Å². The lowest BCUT2D eigenvalue weighted by molar-refractivity contribution is -0.142. The van der Waals surface area contributed by atoms with E-state index in [1.54, 1.807) is 0 Å². The van der Waals surface area contributed by atoms with Crippen molar-refractivity contribution in [1.82, 2.24) is 10.9 Å². The Morgan fingerprint density at radius 1 is 1.54 bits per heavy atom. The summed E-state index contributed by atoms with van der Waals surface area (Å²) in [5, 5.41) is 17.5. The zero-order valence-electron chi connectivity index (χ0n) is 7.15. The first-order chi connectivity index (χ1) is 5.99. The highest BCUT2D eigenvalue weighted by atomic mass is 16.4. The SMILES string of the molecule is C=CC(=O)NNC(C(=O)O)C(C)O. The molecule has 2 atom stereocenters. The number of amides is 1. The molecular formula is C7H12N2O4. The van der Waals surface area contributed by atoms with Gasteiger partial charge in [0, 0.05) is 0 Å². The number of aliphatic carboxylic acids is 1. The van der Waals surface area contributed by atoms with Crippen molar-refractivity contribution in [3.05, 3.63) is 12.7 Å². The van der Waals surface area contributed by atoms with Crippen LogP contribution in [0.3, 0.4) is 0 Å². The molecule has 4 N–H and O–H groups in total. The molecule has 74 valence electrons. The average molecular weight is 188 g/mol. The van der Waals surface area contributed by atoms with Gasteiger partial charge in [-0.2, -0.15) is 0 Å². The fourth-order valence-corrected chi connectivity index (χ4v) is 0.589. The molecule has 6 nitrogen and oxygen atoms in total. The summed E-state index contributed by atoms with van der Waals surface area (Å²) in [6.45, 7) is 4.46. The van der Waals surface area contributed by atoms with Crippen LogP contribution in [0.1, 0.15) is 6.92 Å².